The number of carboxylic acids is 1. The fourth-order valence-electron chi connectivity index (χ4n) is 1.99. The van der Waals surface area contributed by atoms with Gasteiger partial charge in [-0.2, -0.15) is 5.10 Å². The highest BCUT2D eigenvalue weighted by atomic mass is 35.5. The van der Waals surface area contributed by atoms with Gasteiger partial charge in [0, 0.05) is 23.7 Å². The second kappa shape index (κ2) is 5.40. The summed E-state index contributed by atoms with van der Waals surface area (Å²) in [6, 6.07) is 1.83. The molecule has 0 fully saturated rings. The van der Waals surface area contributed by atoms with Crippen LogP contribution in [0.5, 0.6) is 0 Å². The van der Waals surface area contributed by atoms with Crippen LogP contribution in [-0.4, -0.2) is 25.8 Å². The Hall–Kier alpha value is -1.88. The summed E-state index contributed by atoms with van der Waals surface area (Å²) < 4.78 is 1.77. The topological polar surface area (TPSA) is 68.0 Å². The molecular formula is C13H14ClN3O2. The van der Waals surface area contributed by atoms with E-state index in [1.807, 2.05) is 19.9 Å². The van der Waals surface area contributed by atoms with Crippen LogP contribution in [0.2, 0.25) is 5.02 Å². The van der Waals surface area contributed by atoms with Crippen molar-refractivity contribution in [1.29, 1.82) is 0 Å². The molecule has 6 heteroatoms. The highest BCUT2D eigenvalue weighted by molar-refractivity contribution is 6.31. The fraction of sp³-hybridized carbons (Fsp3) is 0.308. The Morgan fingerprint density at radius 3 is 2.84 bits per heavy atom. The number of carbonyl (C=O) groups is 1. The number of carboxylic acid groups (broad SMARTS) is 1. The standard InChI is InChI=1S/C13H14ClN3O2/c1-8-11(5-13(18)19)9(2)17(16-8)7-10-3-4-15-6-12(10)14/h3-4,6H,5,7H2,1-2H3,(H,18,19). The van der Waals surface area contributed by atoms with Crippen molar-refractivity contribution in [1.82, 2.24) is 14.8 Å². The van der Waals surface area contributed by atoms with E-state index in [-0.39, 0.29) is 6.42 Å². The maximum absolute atomic E-state index is 10.8. The zero-order chi connectivity index (χ0) is 14.0. The molecule has 100 valence electrons. The second-order valence-corrected chi connectivity index (χ2v) is 4.75. The van der Waals surface area contributed by atoms with Gasteiger partial charge in [-0.1, -0.05) is 11.6 Å². The van der Waals surface area contributed by atoms with Crippen molar-refractivity contribution in [2.24, 2.45) is 0 Å². The Bertz CT molecular complexity index is 622. The molecule has 2 heterocycles. The maximum atomic E-state index is 10.8. The Balaban J connectivity index is 2.32. The van der Waals surface area contributed by atoms with Crippen LogP contribution in [-0.2, 0) is 17.8 Å². The average Bonchev–Trinajstić information content (AvgIpc) is 2.60. The van der Waals surface area contributed by atoms with Gasteiger partial charge in [0.1, 0.15) is 0 Å². The van der Waals surface area contributed by atoms with E-state index in [1.165, 1.54) is 0 Å². The first-order valence-electron chi connectivity index (χ1n) is 5.82. The molecule has 19 heavy (non-hydrogen) atoms. The molecule has 0 spiro atoms. The van der Waals surface area contributed by atoms with E-state index in [1.54, 1.807) is 17.1 Å². The predicted molar refractivity (Wildman–Crippen MR) is 71.4 cm³/mol. The second-order valence-electron chi connectivity index (χ2n) is 4.34. The number of pyridine rings is 1. The molecule has 0 aliphatic carbocycles. The van der Waals surface area contributed by atoms with E-state index in [2.05, 4.69) is 10.1 Å². The summed E-state index contributed by atoms with van der Waals surface area (Å²) in [5.74, 6) is -0.854. The zero-order valence-electron chi connectivity index (χ0n) is 10.7. The Morgan fingerprint density at radius 2 is 2.21 bits per heavy atom. The van der Waals surface area contributed by atoms with Gasteiger partial charge in [0.15, 0.2) is 0 Å². The van der Waals surface area contributed by atoms with Crippen LogP contribution in [0.3, 0.4) is 0 Å². The maximum Gasteiger partial charge on any atom is 0.307 e. The van der Waals surface area contributed by atoms with E-state index in [9.17, 15) is 4.79 Å². The minimum atomic E-state index is -0.854. The SMILES string of the molecule is Cc1nn(Cc2ccncc2Cl)c(C)c1CC(=O)O. The van der Waals surface area contributed by atoms with Crippen molar-refractivity contribution in [2.75, 3.05) is 0 Å². The van der Waals surface area contributed by atoms with Crippen LogP contribution in [0.15, 0.2) is 18.5 Å². The van der Waals surface area contributed by atoms with Crippen LogP contribution in [0.25, 0.3) is 0 Å². The number of nitrogens with zero attached hydrogens (tertiary/aromatic N) is 3. The van der Waals surface area contributed by atoms with Crippen LogP contribution >= 0.6 is 11.6 Å². The third kappa shape index (κ3) is 2.93. The van der Waals surface area contributed by atoms with Crippen molar-refractivity contribution < 1.29 is 9.90 Å². The molecule has 0 amide bonds. The number of hydrogen-bond acceptors (Lipinski definition) is 3. The Labute approximate surface area is 115 Å². The van der Waals surface area contributed by atoms with Gasteiger partial charge >= 0.3 is 5.97 Å². The molecule has 0 bridgehead atoms. The lowest BCUT2D eigenvalue weighted by Crippen LogP contribution is -2.06. The molecule has 0 aliphatic rings. The first-order chi connectivity index (χ1) is 8.99. The van der Waals surface area contributed by atoms with Gasteiger partial charge in [-0.3, -0.25) is 14.5 Å². The van der Waals surface area contributed by atoms with E-state index >= 15 is 0 Å². The van der Waals surface area contributed by atoms with Crippen LogP contribution in [0.1, 0.15) is 22.5 Å². The van der Waals surface area contributed by atoms with Gasteiger partial charge in [-0.15, -0.1) is 0 Å². The third-order valence-electron chi connectivity index (χ3n) is 3.04. The van der Waals surface area contributed by atoms with Gasteiger partial charge in [0.2, 0.25) is 0 Å². The fourth-order valence-corrected chi connectivity index (χ4v) is 2.17. The number of aliphatic carboxylic acids is 1. The van der Waals surface area contributed by atoms with E-state index < -0.39 is 5.97 Å². The number of aromatic nitrogens is 3. The molecule has 2 rings (SSSR count). The van der Waals surface area contributed by atoms with Crippen molar-refractivity contribution in [3.8, 4) is 0 Å². The lowest BCUT2D eigenvalue weighted by atomic mass is 10.1. The Kier molecular flexibility index (Phi) is 3.85. The Morgan fingerprint density at radius 1 is 1.47 bits per heavy atom. The zero-order valence-corrected chi connectivity index (χ0v) is 11.5. The van der Waals surface area contributed by atoms with Gasteiger partial charge < -0.3 is 5.11 Å². The highest BCUT2D eigenvalue weighted by Gasteiger charge is 2.15. The summed E-state index contributed by atoms with van der Waals surface area (Å²) in [4.78, 5) is 14.8. The molecule has 0 radical (unpaired) electrons. The summed E-state index contributed by atoms with van der Waals surface area (Å²) in [6.07, 6.45) is 3.24. The lowest BCUT2D eigenvalue weighted by Gasteiger charge is -2.06. The average molecular weight is 280 g/mol. The summed E-state index contributed by atoms with van der Waals surface area (Å²) in [6.45, 7) is 4.19. The van der Waals surface area contributed by atoms with Crippen molar-refractivity contribution in [3.63, 3.8) is 0 Å². The van der Waals surface area contributed by atoms with Gasteiger partial charge in [0.05, 0.1) is 23.7 Å². The smallest absolute Gasteiger partial charge is 0.307 e. The normalized spacial score (nSPS) is 10.7. The molecule has 0 aromatic carbocycles. The molecule has 0 unspecified atom stereocenters. The predicted octanol–water partition coefficient (Wildman–Crippen LogP) is 2.22. The monoisotopic (exact) mass is 279 g/mol. The molecule has 1 N–H and O–H groups in total. The molecule has 2 aromatic heterocycles. The third-order valence-corrected chi connectivity index (χ3v) is 3.38. The first-order valence-corrected chi connectivity index (χ1v) is 6.20. The number of halogens is 1. The highest BCUT2D eigenvalue weighted by Crippen LogP contribution is 2.19. The van der Waals surface area contributed by atoms with Crippen LogP contribution < -0.4 is 0 Å². The largest absolute Gasteiger partial charge is 0.481 e. The molecule has 2 aromatic rings. The van der Waals surface area contributed by atoms with Gasteiger partial charge in [0.25, 0.3) is 0 Å². The molecule has 0 atom stereocenters. The summed E-state index contributed by atoms with van der Waals surface area (Å²) >= 11 is 6.06. The quantitative estimate of drug-likeness (QED) is 0.932. The number of rotatable bonds is 4. The van der Waals surface area contributed by atoms with Crippen LogP contribution in [0.4, 0.5) is 0 Å². The molecule has 5 nitrogen and oxygen atoms in total. The van der Waals surface area contributed by atoms with E-state index in [0.29, 0.717) is 11.6 Å². The van der Waals surface area contributed by atoms with Crippen molar-refractivity contribution >= 4 is 17.6 Å². The van der Waals surface area contributed by atoms with Crippen molar-refractivity contribution in [2.45, 2.75) is 26.8 Å². The lowest BCUT2D eigenvalue weighted by molar-refractivity contribution is -0.136. The summed E-state index contributed by atoms with van der Waals surface area (Å²) in [7, 11) is 0. The van der Waals surface area contributed by atoms with E-state index in [4.69, 9.17) is 16.7 Å². The van der Waals surface area contributed by atoms with Crippen LogP contribution in [0, 0.1) is 13.8 Å². The molecule has 0 saturated carbocycles. The van der Waals surface area contributed by atoms with Gasteiger partial charge in [-0.05, 0) is 25.5 Å². The van der Waals surface area contributed by atoms with Crippen molar-refractivity contribution in [3.05, 3.63) is 46.0 Å². The first kappa shape index (κ1) is 13.5. The minimum Gasteiger partial charge on any atom is -0.481 e. The van der Waals surface area contributed by atoms with Gasteiger partial charge in [-0.25, -0.2) is 0 Å². The minimum absolute atomic E-state index is 0.0122. The summed E-state index contributed by atoms with van der Waals surface area (Å²) in [5, 5.41) is 13.8. The number of hydrogen-bond donors (Lipinski definition) is 1. The molecule has 0 saturated heterocycles. The molecular weight excluding hydrogens is 266 g/mol. The van der Waals surface area contributed by atoms with E-state index in [0.717, 1.165) is 22.5 Å². The number of aryl methyl sites for hydroxylation is 1. The summed E-state index contributed by atoms with van der Waals surface area (Å²) in [5.41, 5.74) is 3.26. The molecule has 0 aliphatic heterocycles.